The van der Waals surface area contributed by atoms with E-state index < -0.39 is 4.92 Å². The van der Waals surface area contributed by atoms with Crippen LogP contribution in [0.4, 0.5) is 11.4 Å². The summed E-state index contributed by atoms with van der Waals surface area (Å²) in [5.41, 5.74) is 3.13. The summed E-state index contributed by atoms with van der Waals surface area (Å²) in [6, 6.07) is 23.0. The molecule has 0 saturated heterocycles. The minimum absolute atomic E-state index is 0.0197. The first-order valence-electron chi connectivity index (χ1n) is 8.35. The molecule has 1 aromatic heterocycles. The van der Waals surface area contributed by atoms with Gasteiger partial charge in [0.1, 0.15) is 5.69 Å². The van der Waals surface area contributed by atoms with Crippen molar-refractivity contribution in [3.63, 3.8) is 0 Å². The number of rotatable bonds is 4. The fraction of sp³-hybridized carbons (Fsp3) is 0. The quantitative estimate of drug-likeness (QED) is 0.398. The molecule has 6 nitrogen and oxygen atoms in total. The fourth-order valence-electron chi connectivity index (χ4n) is 3.08. The molecule has 1 heterocycles. The second kappa shape index (κ2) is 6.76. The van der Waals surface area contributed by atoms with Gasteiger partial charge in [-0.2, -0.15) is 0 Å². The minimum Gasteiger partial charge on any atom is -0.350 e. The predicted molar refractivity (Wildman–Crippen MR) is 105 cm³/mol. The summed E-state index contributed by atoms with van der Waals surface area (Å²) in [4.78, 5) is 26.8. The lowest BCUT2D eigenvalue weighted by Gasteiger charge is -2.07. The van der Waals surface area contributed by atoms with Crippen molar-refractivity contribution in [1.29, 1.82) is 0 Å². The third-order valence-corrected chi connectivity index (χ3v) is 4.31. The molecule has 0 aliphatic heterocycles. The highest BCUT2D eigenvalue weighted by Crippen LogP contribution is 2.34. The number of amides is 1. The van der Waals surface area contributed by atoms with Crippen LogP contribution >= 0.6 is 0 Å². The van der Waals surface area contributed by atoms with Crippen LogP contribution in [0.2, 0.25) is 0 Å². The molecule has 27 heavy (non-hydrogen) atoms. The van der Waals surface area contributed by atoms with Crippen molar-refractivity contribution in [1.82, 2.24) is 4.98 Å². The van der Waals surface area contributed by atoms with Gasteiger partial charge in [-0.25, -0.2) is 0 Å². The van der Waals surface area contributed by atoms with E-state index in [0.29, 0.717) is 27.8 Å². The van der Waals surface area contributed by atoms with Crippen molar-refractivity contribution in [2.24, 2.45) is 0 Å². The summed E-state index contributed by atoms with van der Waals surface area (Å²) < 4.78 is 0. The molecule has 1 amide bonds. The van der Waals surface area contributed by atoms with Gasteiger partial charge in [0.05, 0.1) is 4.92 Å². The number of anilines is 1. The number of nitrogens with one attached hydrogen (secondary N) is 2. The van der Waals surface area contributed by atoms with Gasteiger partial charge in [0, 0.05) is 34.3 Å². The molecule has 6 heteroatoms. The molecule has 0 aliphatic rings. The Kier molecular flexibility index (Phi) is 4.14. The zero-order valence-electron chi connectivity index (χ0n) is 14.2. The first-order valence-corrected chi connectivity index (χ1v) is 8.35. The number of non-ortho nitro benzene ring substituents is 1. The molecule has 0 saturated carbocycles. The van der Waals surface area contributed by atoms with E-state index in [1.54, 1.807) is 18.2 Å². The normalized spacial score (nSPS) is 10.7. The van der Waals surface area contributed by atoms with E-state index in [9.17, 15) is 14.9 Å². The number of nitro benzene ring substituents is 1. The maximum Gasteiger partial charge on any atom is 0.272 e. The zero-order chi connectivity index (χ0) is 18.8. The number of carbonyl (C=O) groups is 1. The molecule has 4 aromatic rings. The first-order chi connectivity index (χ1) is 13.1. The third-order valence-electron chi connectivity index (χ3n) is 4.31. The highest BCUT2D eigenvalue weighted by atomic mass is 16.6. The fourth-order valence-corrected chi connectivity index (χ4v) is 3.08. The number of para-hydroxylation sites is 1. The summed E-state index contributed by atoms with van der Waals surface area (Å²) in [5, 5.41) is 14.7. The lowest BCUT2D eigenvalue weighted by Crippen LogP contribution is -2.13. The molecule has 0 fully saturated rings. The van der Waals surface area contributed by atoms with Crippen molar-refractivity contribution in [2.45, 2.75) is 0 Å². The van der Waals surface area contributed by atoms with Gasteiger partial charge < -0.3 is 10.3 Å². The molecular weight excluding hydrogens is 342 g/mol. The summed E-state index contributed by atoms with van der Waals surface area (Å²) in [6.07, 6.45) is 0. The monoisotopic (exact) mass is 357 g/mol. The van der Waals surface area contributed by atoms with Crippen LogP contribution in [-0.4, -0.2) is 15.8 Å². The SMILES string of the molecule is O=C(Nc1ccccc1)c1[nH]c2ccc([N+](=O)[O-])cc2c1-c1ccccc1. The van der Waals surface area contributed by atoms with Crippen LogP contribution in [0.15, 0.2) is 78.9 Å². The second-order valence-corrected chi connectivity index (χ2v) is 6.05. The first kappa shape index (κ1) is 16.5. The van der Waals surface area contributed by atoms with E-state index >= 15 is 0 Å². The van der Waals surface area contributed by atoms with Gasteiger partial charge in [0.25, 0.3) is 11.6 Å². The van der Waals surface area contributed by atoms with Crippen LogP contribution in [0.3, 0.4) is 0 Å². The largest absolute Gasteiger partial charge is 0.350 e. The molecule has 2 N–H and O–H groups in total. The van der Waals surface area contributed by atoms with Crippen LogP contribution in [0.25, 0.3) is 22.0 Å². The molecule has 0 aliphatic carbocycles. The lowest BCUT2D eigenvalue weighted by molar-refractivity contribution is -0.384. The minimum atomic E-state index is -0.440. The molecule has 0 atom stereocenters. The Labute approximate surface area is 154 Å². The van der Waals surface area contributed by atoms with Crippen molar-refractivity contribution >= 4 is 28.2 Å². The Morgan fingerprint density at radius 1 is 0.926 bits per heavy atom. The number of aromatic nitrogens is 1. The summed E-state index contributed by atoms with van der Waals surface area (Å²) in [7, 11) is 0. The molecule has 0 radical (unpaired) electrons. The average Bonchev–Trinajstić information content (AvgIpc) is 3.08. The van der Waals surface area contributed by atoms with Crippen LogP contribution in [0.1, 0.15) is 10.5 Å². The molecule has 4 rings (SSSR count). The Bertz CT molecular complexity index is 1140. The maximum atomic E-state index is 12.9. The van der Waals surface area contributed by atoms with Crippen LogP contribution in [0.5, 0.6) is 0 Å². The molecule has 0 bridgehead atoms. The Balaban J connectivity index is 1.89. The Hall–Kier alpha value is -3.93. The average molecular weight is 357 g/mol. The lowest BCUT2D eigenvalue weighted by atomic mass is 10.0. The van der Waals surface area contributed by atoms with E-state index in [0.717, 1.165) is 5.56 Å². The van der Waals surface area contributed by atoms with Crippen LogP contribution in [-0.2, 0) is 0 Å². The smallest absolute Gasteiger partial charge is 0.272 e. The number of nitrogens with zero attached hydrogens (tertiary/aromatic N) is 1. The van der Waals surface area contributed by atoms with E-state index in [1.807, 2.05) is 48.5 Å². The maximum absolute atomic E-state index is 12.9. The number of fused-ring (bicyclic) bond motifs is 1. The van der Waals surface area contributed by atoms with Gasteiger partial charge in [-0.15, -0.1) is 0 Å². The van der Waals surface area contributed by atoms with Crippen molar-refractivity contribution < 1.29 is 9.72 Å². The van der Waals surface area contributed by atoms with Gasteiger partial charge in [-0.05, 0) is 23.8 Å². The third kappa shape index (κ3) is 3.16. The van der Waals surface area contributed by atoms with E-state index in [4.69, 9.17) is 0 Å². The van der Waals surface area contributed by atoms with Gasteiger partial charge in [0.2, 0.25) is 0 Å². The van der Waals surface area contributed by atoms with Crippen molar-refractivity contribution in [3.8, 4) is 11.1 Å². The van der Waals surface area contributed by atoms with Gasteiger partial charge in [-0.3, -0.25) is 14.9 Å². The van der Waals surface area contributed by atoms with Crippen molar-refractivity contribution in [3.05, 3.63) is 94.7 Å². The highest BCUT2D eigenvalue weighted by molar-refractivity contribution is 6.14. The standard InChI is InChI=1S/C21H15N3O3/c25-21(22-15-9-5-2-6-10-15)20-19(14-7-3-1-4-8-14)17-13-16(24(26)27)11-12-18(17)23-20/h1-13,23H,(H,22,25). The zero-order valence-corrected chi connectivity index (χ0v) is 14.2. The molecule has 132 valence electrons. The number of benzene rings is 3. The van der Waals surface area contributed by atoms with Crippen LogP contribution < -0.4 is 5.32 Å². The molecule has 0 spiro atoms. The topological polar surface area (TPSA) is 88.0 Å². The number of nitro groups is 1. The van der Waals surface area contributed by atoms with Crippen LogP contribution in [0, 0.1) is 10.1 Å². The Morgan fingerprint density at radius 2 is 1.59 bits per heavy atom. The van der Waals surface area contributed by atoms with E-state index in [-0.39, 0.29) is 11.6 Å². The number of hydrogen-bond acceptors (Lipinski definition) is 3. The summed E-state index contributed by atoms with van der Waals surface area (Å²) in [6.45, 7) is 0. The van der Waals surface area contributed by atoms with Gasteiger partial charge in [-0.1, -0.05) is 48.5 Å². The molecular formula is C21H15N3O3. The van der Waals surface area contributed by atoms with E-state index in [1.165, 1.54) is 12.1 Å². The van der Waals surface area contributed by atoms with Gasteiger partial charge >= 0.3 is 0 Å². The highest BCUT2D eigenvalue weighted by Gasteiger charge is 2.21. The van der Waals surface area contributed by atoms with Crippen molar-refractivity contribution in [2.75, 3.05) is 5.32 Å². The van der Waals surface area contributed by atoms with E-state index in [2.05, 4.69) is 10.3 Å². The summed E-state index contributed by atoms with van der Waals surface area (Å²) >= 11 is 0. The second-order valence-electron chi connectivity index (χ2n) is 6.05. The number of hydrogen-bond donors (Lipinski definition) is 2. The molecule has 0 unspecified atom stereocenters. The number of carbonyl (C=O) groups excluding carboxylic acids is 1. The van der Waals surface area contributed by atoms with Gasteiger partial charge in [0.15, 0.2) is 0 Å². The Morgan fingerprint density at radius 3 is 2.26 bits per heavy atom. The summed E-state index contributed by atoms with van der Waals surface area (Å²) in [5.74, 6) is -0.307. The predicted octanol–water partition coefficient (Wildman–Crippen LogP) is 5.00. The number of aromatic amines is 1. The molecule has 3 aromatic carbocycles. The number of H-pyrrole nitrogens is 1.